The maximum absolute atomic E-state index is 3.99. The van der Waals surface area contributed by atoms with Gasteiger partial charge in [-0.1, -0.05) is 31.2 Å². The molecule has 0 fully saturated rings. The summed E-state index contributed by atoms with van der Waals surface area (Å²) in [6.07, 6.45) is 3.26. The molecule has 0 radical (unpaired) electrons. The zero-order chi connectivity index (χ0) is 10.9. The van der Waals surface area contributed by atoms with Crippen molar-refractivity contribution in [1.82, 2.24) is 0 Å². The van der Waals surface area contributed by atoms with E-state index in [1.807, 2.05) is 0 Å². The number of anilines is 1. The topological polar surface area (TPSA) is 3.24 Å². The molecule has 1 nitrogen and oxygen atoms in total. The van der Waals surface area contributed by atoms with Crippen molar-refractivity contribution >= 4 is 5.69 Å². The second kappa shape index (κ2) is 3.73. The molecule has 0 unspecified atom stereocenters. The maximum Gasteiger partial charge on any atom is 0.0407 e. The number of hydrogen-bond acceptors (Lipinski definition) is 1. The van der Waals surface area contributed by atoms with E-state index in [0.717, 1.165) is 13.1 Å². The van der Waals surface area contributed by atoms with Gasteiger partial charge in [-0.15, -0.1) is 6.58 Å². The molecule has 1 atom stereocenters. The predicted molar refractivity (Wildman–Crippen MR) is 66.5 cm³/mol. The molecule has 0 bridgehead atoms. The van der Waals surface area contributed by atoms with Crippen LogP contribution in [0.25, 0.3) is 0 Å². The van der Waals surface area contributed by atoms with Crippen LogP contribution in [0, 0.1) is 0 Å². The molecular weight excluding hydrogens is 182 g/mol. The molecule has 0 amide bonds. The molecule has 0 aliphatic carbocycles. The number of allylic oxidation sites excluding steroid dienone is 1. The van der Waals surface area contributed by atoms with Gasteiger partial charge < -0.3 is 4.90 Å². The van der Waals surface area contributed by atoms with Crippen LogP contribution in [0.5, 0.6) is 0 Å². The summed E-state index contributed by atoms with van der Waals surface area (Å²) in [5.41, 5.74) is 2.96. The van der Waals surface area contributed by atoms with Crippen LogP contribution in [0.4, 0.5) is 5.69 Å². The summed E-state index contributed by atoms with van der Waals surface area (Å²) in [6, 6.07) is 8.70. The van der Waals surface area contributed by atoms with E-state index in [1.54, 1.807) is 0 Å². The number of rotatable bonds is 2. The molecule has 1 aliphatic rings. The smallest absolute Gasteiger partial charge is 0.0407 e. The number of benzene rings is 1. The Morgan fingerprint density at radius 1 is 1.47 bits per heavy atom. The molecule has 0 spiro atoms. The minimum absolute atomic E-state index is 0.155. The second-order valence-electron chi connectivity index (χ2n) is 4.47. The van der Waals surface area contributed by atoms with Gasteiger partial charge in [-0.2, -0.15) is 0 Å². The minimum atomic E-state index is 0.155. The summed E-state index contributed by atoms with van der Waals surface area (Å²) < 4.78 is 0. The quantitative estimate of drug-likeness (QED) is 0.663. The lowest BCUT2D eigenvalue weighted by molar-refractivity contribution is 0.508. The van der Waals surface area contributed by atoms with Crippen LogP contribution in [0.3, 0.4) is 0 Å². The molecule has 0 aromatic heterocycles. The van der Waals surface area contributed by atoms with Gasteiger partial charge in [0.05, 0.1) is 0 Å². The first kappa shape index (κ1) is 10.3. The molecule has 2 rings (SSSR count). The Bertz CT molecular complexity index is 369. The highest BCUT2D eigenvalue weighted by Gasteiger charge is 2.31. The highest BCUT2D eigenvalue weighted by atomic mass is 15.1. The average Bonchev–Trinajstić information content (AvgIpc) is 2.30. The van der Waals surface area contributed by atoms with E-state index in [9.17, 15) is 0 Å². The summed E-state index contributed by atoms with van der Waals surface area (Å²) in [5, 5.41) is 0. The van der Waals surface area contributed by atoms with Gasteiger partial charge >= 0.3 is 0 Å². The molecule has 1 heterocycles. The Morgan fingerprint density at radius 2 is 2.20 bits per heavy atom. The molecule has 0 saturated carbocycles. The van der Waals surface area contributed by atoms with Crippen molar-refractivity contribution in [2.24, 2.45) is 0 Å². The van der Waals surface area contributed by atoms with Crippen LogP contribution in [0.15, 0.2) is 36.9 Å². The first-order valence-electron chi connectivity index (χ1n) is 5.69. The van der Waals surface area contributed by atoms with E-state index >= 15 is 0 Å². The Kier molecular flexibility index (Phi) is 2.56. The van der Waals surface area contributed by atoms with Crippen molar-refractivity contribution in [2.75, 3.05) is 18.0 Å². The van der Waals surface area contributed by atoms with Gasteiger partial charge in [0.25, 0.3) is 0 Å². The number of fused-ring (bicyclic) bond motifs is 1. The van der Waals surface area contributed by atoms with Crippen molar-refractivity contribution < 1.29 is 0 Å². The minimum Gasteiger partial charge on any atom is -0.372 e. The van der Waals surface area contributed by atoms with E-state index in [0.29, 0.717) is 0 Å². The highest BCUT2D eigenvalue weighted by Crippen LogP contribution is 2.40. The third-order valence-electron chi connectivity index (χ3n) is 3.59. The summed E-state index contributed by atoms with van der Waals surface area (Å²) in [4.78, 5) is 2.45. The predicted octanol–water partition coefficient (Wildman–Crippen LogP) is 3.36. The Balaban J connectivity index is 2.53. The third kappa shape index (κ3) is 1.56. The van der Waals surface area contributed by atoms with Crippen molar-refractivity contribution in [3.63, 3.8) is 0 Å². The molecular formula is C14H19N. The molecule has 1 aromatic rings. The van der Waals surface area contributed by atoms with Crippen molar-refractivity contribution in [2.45, 2.75) is 25.7 Å². The van der Waals surface area contributed by atoms with E-state index in [-0.39, 0.29) is 5.41 Å². The summed E-state index contributed by atoms with van der Waals surface area (Å²) in [5.74, 6) is 0. The lowest BCUT2D eigenvalue weighted by Gasteiger charge is -2.40. The SMILES string of the molecule is C=C[C@]1(C)CCN(CC)c2ccccc21. The normalized spacial score (nSPS) is 24.8. The fourth-order valence-corrected chi connectivity index (χ4v) is 2.40. The largest absolute Gasteiger partial charge is 0.372 e. The monoisotopic (exact) mass is 201 g/mol. The van der Waals surface area contributed by atoms with Crippen LogP contribution >= 0.6 is 0 Å². The molecule has 80 valence electrons. The zero-order valence-electron chi connectivity index (χ0n) is 9.66. The Morgan fingerprint density at radius 3 is 2.87 bits per heavy atom. The van der Waals surface area contributed by atoms with Gasteiger partial charge in [0.1, 0.15) is 0 Å². The Labute approximate surface area is 92.4 Å². The summed E-state index contributed by atoms with van der Waals surface area (Å²) in [6.45, 7) is 10.7. The maximum atomic E-state index is 3.99. The summed E-state index contributed by atoms with van der Waals surface area (Å²) >= 11 is 0. The lowest BCUT2D eigenvalue weighted by Crippen LogP contribution is -2.37. The second-order valence-corrected chi connectivity index (χ2v) is 4.47. The van der Waals surface area contributed by atoms with Crippen molar-refractivity contribution in [3.05, 3.63) is 42.5 Å². The van der Waals surface area contributed by atoms with Gasteiger partial charge in [-0.3, -0.25) is 0 Å². The van der Waals surface area contributed by atoms with Gasteiger partial charge in [0.15, 0.2) is 0 Å². The first-order valence-corrected chi connectivity index (χ1v) is 5.69. The van der Waals surface area contributed by atoms with Gasteiger partial charge in [0, 0.05) is 24.2 Å². The Hall–Kier alpha value is -1.24. The fourth-order valence-electron chi connectivity index (χ4n) is 2.40. The van der Waals surface area contributed by atoms with Gasteiger partial charge in [-0.05, 0) is 25.0 Å². The van der Waals surface area contributed by atoms with Crippen molar-refractivity contribution in [1.29, 1.82) is 0 Å². The molecule has 1 aliphatic heterocycles. The van der Waals surface area contributed by atoms with Crippen LogP contribution in [-0.2, 0) is 5.41 Å². The standard InChI is InChI=1S/C14H19N/c1-4-14(3)10-11-15(5-2)13-9-7-6-8-12(13)14/h4,6-9H,1,5,10-11H2,2-3H3/t14-/m1/s1. The molecule has 15 heavy (non-hydrogen) atoms. The number of para-hydroxylation sites is 1. The van der Waals surface area contributed by atoms with E-state index < -0.39 is 0 Å². The molecule has 0 N–H and O–H groups in total. The van der Waals surface area contributed by atoms with E-state index in [1.165, 1.54) is 17.7 Å². The van der Waals surface area contributed by atoms with Crippen LogP contribution in [-0.4, -0.2) is 13.1 Å². The van der Waals surface area contributed by atoms with Crippen LogP contribution < -0.4 is 4.90 Å². The molecule has 1 aromatic carbocycles. The third-order valence-corrected chi connectivity index (χ3v) is 3.59. The van der Waals surface area contributed by atoms with Gasteiger partial charge in [0.2, 0.25) is 0 Å². The summed E-state index contributed by atoms with van der Waals surface area (Å²) in [7, 11) is 0. The van der Waals surface area contributed by atoms with E-state index in [2.05, 4.69) is 55.7 Å². The van der Waals surface area contributed by atoms with Crippen LogP contribution in [0.2, 0.25) is 0 Å². The van der Waals surface area contributed by atoms with E-state index in [4.69, 9.17) is 0 Å². The highest BCUT2D eigenvalue weighted by molar-refractivity contribution is 5.60. The average molecular weight is 201 g/mol. The number of hydrogen-bond donors (Lipinski definition) is 0. The van der Waals surface area contributed by atoms with Gasteiger partial charge in [-0.25, -0.2) is 0 Å². The number of nitrogens with zero attached hydrogens (tertiary/aromatic N) is 1. The molecule has 0 saturated heterocycles. The van der Waals surface area contributed by atoms with Crippen molar-refractivity contribution in [3.8, 4) is 0 Å². The zero-order valence-corrected chi connectivity index (χ0v) is 9.66. The first-order chi connectivity index (χ1) is 7.21. The fraction of sp³-hybridized carbons (Fsp3) is 0.429. The van der Waals surface area contributed by atoms with Crippen LogP contribution in [0.1, 0.15) is 25.8 Å². The lowest BCUT2D eigenvalue weighted by atomic mass is 9.76. The molecule has 1 heteroatoms.